The Morgan fingerprint density at radius 3 is 2.69 bits per heavy atom. The summed E-state index contributed by atoms with van der Waals surface area (Å²) in [6, 6.07) is 0. The molecule has 0 aromatic heterocycles. The van der Waals surface area contributed by atoms with Crippen molar-refractivity contribution in [1.29, 1.82) is 0 Å². The third-order valence-electron chi connectivity index (χ3n) is 3.66. The number of halogens is 1. The summed E-state index contributed by atoms with van der Waals surface area (Å²) in [6.45, 7) is 2.69. The van der Waals surface area contributed by atoms with Crippen LogP contribution in [0.3, 0.4) is 0 Å². The highest BCUT2D eigenvalue weighted by atomic mass is 35.5. The molecule has 1 rings (SSSR count). The van der Waals surface area contributed by atoms with Crippen LogP contribution in [-0.4, -0.2) is 30.3 Å². The van der Waals surface area contributed by atoms with Crippen molar-refractivity contribution < 1.29 is 14.6 Å². The minimum absolute atomic E-state index is 0. The molecule has 0 radical (unpaired) electrons. The van der Waals surface area contributed by atoms with Gasteiger partial charge in [-0.25, -0.2) is 0 Å². The predicted octanol–water partition coefficient (Wildman–Crippen LogP) is 1.66. The third kappa shape index (κ3) is 3.34. The van der Waals surface area contributed by atoms with Crippen molar-refractivity contribution in [3.05, 3.63) is 0 Å². The Bertz CT molecular complexity index is 237. The van der Waals surface area contributed by atoms with E-state index in [1.165, 1.54) is 0 Å². The summed E-state index contributed by atoms with van der Waals surface area (Å²) in [6.07, 6.45) is 3.39. The monoisotopic (exact) mass is 251 g/mol. The number of ether oxygens (including phenoxy) is 1. The summed E-state index contributed by atoms with van der Waals surface area (Å²) in [5.74, 6) is -0.248. The summed E-state index contributed by atoms with van der Waals surface area (Å²) in [5, 5.41) is 9.08. The number of carbonyl (C=O) groups is 1. The van der Waals surface area contributed by atoms with Crippen LogP contribution >= 0.6 is 12.4 Å². The number of rotatable bonds is 4. The quantitative estimate of drug-likeness (QED) is 0.797. The van der Waals surface area contributed by atoms with Gasteiger partial charge in [0, 0.05) is 13.7 Å². The van der Waals surface area contributed by atoms with Gasteiger partial charge in [-0.2, -0.15) is 0 Å². The normalized spacial score (nSPS) is 34.2. The van der Waals surface area contributed by atoms with Gasteiger partial charge in [0.1, 0.15) is 5.54 Å². The molecule has 0 aromatic carbocycles. The molecule has 96 valence electrons. The molecule has 4 nitrogen and oxygen atoms in total. The van der Waals surface area contributed by atoms with Crippen LogP contribution in [0.15, 0.2) is 0 Å². The van der Waals surface area contributed by atoms with E-state index in [2.05, 4.69) is 0 Å². The maximum Gasteiger partial charge on any atom is 0.323 e. The number of hydrogen-bond acceptors (Lipinski definition) is 3. The second-order valence-electron chi connectivity index (χ2n) is 4.67. The lowest BCUT2D eigenvalue weighted by Crippen LogP contribution is -2.56. The summed E-state index contributed by atoms with van der Waals surface area (Å²) in [5.41, 5.74) is 4.90. The van der Waals surface area contributed by atoms with E-state index in [4.69, 9.17) is 15.6 Å². The Morgan fingerprint density at radius 2 is 2.25 bits per heavy atom. The van der Waals surface area contributed by atoms with Gasteiger partial charge in [0.2, 0.25) is 0 Å². The van der Waals surface area contributed by atoms with Gasteiger partial charge in [-0.15, -0.1) is 12.4 Å². The molecule has 3 unspecified atom stereocenters. The fraction of sp³-hybridized carbons (Fsp3) is 0.909. The molecule has 16 heavy (non-hydrogen) atoms. The Kier molecular flexibility index (Phi) is 6.30. The molecule has 0 saturated heterocycles. The Morgan fingerprint density at radius 1 is 1.62 bits per heavy atom. The minimum Gasteiger partial charge on any atom is -0.480 e. The number of aliphatic carboxylic acids is 1. The zero-order valence-electron chi connectivity index (χ0n) is 9.94. The first-order valence-electron chi connectivity index (χ1n) is 5.52. The van der Waals surface area contributed by atoms with Crippen LogP contribution in [0, 0.1) is 11.8 Å². The van der Waals surface area contributed by atoms with E-state index in [0.29, 0.717) is 12.3 Å². The molecule has 3 atom stereocenters. The van der Waals surface area contributed by atoms with E-state index >= 15 is 0 Å². The van der Waals surface area contributed by atoms with Gasteiger partial charge in [0.15, 0.2) is 0 Å². The van der Waals surface area contributed by atoms with Gasteiger partial charge in [-0.05, 0) is 37.5 Å². The first-order chi connectivity index (χ1) is 7.00. The van der Waals surface area contributed by atoms with Crippen LogP contribution < -0.4 is 5.73 Å². The van der Waals surface area contributed by atoms with Crippen LogP contribution in [0.4, 0.5) is 0 Å². The molecule has 0 aromatic rings. The maximum absolute atomic E-state index is 11.1. The van der Waals surface area contributed by atoms with Gasteiger partial charge in [0.25, 0.3) is 0 Å². The minimum atomic E-state index is -1.01. The summed E-state index contributed by atoms with van der Waals surface area (Å²) < 4.78 is 5.03. The van der Waals surface area contributed by atoms with Crippen molar-refractivity contribution in [2.45, 2.75) is 38.1 Å². The first-order valence-corrected chi connectivity index (χ1v) is 5.52. The number of carboxylic acids is 1. The molecule has 0 amide bonds. The molecule has 0 aliphatic heterocycles. The van der Waals surface area contributed by atoms with Crippen molar-refractivity contribution in [1.82, 2.24) is 0 Å². The lowest BCUT2D eigenvalue weighted by molar-refractivity contribution is -0.147. The highest BCUT2D eigenvalue weighted by molar-refractivity contribution is 5.85. The fourth-order valence-corrected chi connectivity index (χ4v) is 2.38. The molecule has 1 aliphatic rings. The molecule has 1 saturated carbocycles. The van der Waals surface area contributed by atoms with E-state index in [0.717, 1.165) is 25.9 Å². The SMILES string of the molecule is COCCC1CCC(N)(C(=O)O)C(C)C1.Cl. The Hall–Kier alpha value is -0.320. The van der Waals surface area contributed by atoms with E-state index in [1.54, 1.807) is 7.11 Å². The van der Waals surface area contributed by atoms with E-state index in [9.17, 15) is 4.79 Å². The average molecular weight is 252 g/mol. The van der Waals surface area contributed by atoms with Crippen LogP contribution in [0.25, 0.3) is 0 Å². The molecule has 0 bridgehead atoms. The van der Waals surface area contributed by atoms with Crippen molar-refractivity contribution in [3.63, 3.8) is 0 Å². The highest BCUT2D eigenvalue weighted by Gasteiger charge is 2.43. The van der Waals surface area contributed by atoms with Gasteiger partial charge >= 0.3 is 5.97 Å². The number of carboxylic acid groups (broad SMARTS) is 1. The lowest BCUT2D eigenvalue weighted by atomic mass is 9.69. The fourth-order valence-electron chi connectivity index (χ4n) is 2.38. The standard InChI is InChI=1S/C11H21NO3.ClH/c1-8-7-9(4-6-15-2)3-5-11(8,12)10(13)14;/h8-9H,3-7,12H2,1-2H3,(H,13,14);1H. The summed E-state index contributed by atoms with van der Waals surface area (Å²) in [4.78, 5) is 11.1. The molecule has 0 heterocycles. The number of hydrogen-bond donors (Lipinski definition) is 2. The highest BCUT2D eigenvalue weighted by Crippen LogP contribution is 2.36. The van der Waals surface area contributed by atoms with E-state index in [-0.39, 0.29) is 18.3 Å². The van der Waals surface area contributed by atoms with Gasteiger partial charge in [-0.1, -0.05) is 6.92 Å². The van der Waals surface area contributed by atoms with Crippen molar-refractivity contribution in [2.75, 3.05) is 13.7 Å². The van der Waals surface area contributed by atoms with E-state index < -0.39 is 11.5 Å². The Balaban J connectivity index is 0.00000225. The van der Waals surface area contributed by atoms with Crippen molar-refractivity contribution in [3.8, 4) is 0 Å². The third-order valence-corrected chi connectivity index (χ3v) is 3.66. The maximum atomic E-state index is 11.1. The predicted molar refractivity (Wildman–Crippen MR) is 64.8 cm³/mol. The smallest absolute Gasteiger partial charge is 0.323 e. The van der Waals surface area contributed by atoms with Crippen molar-refractivity contribution in [2.24, 2.45) is 17.6 Å². The van der Waals surface area contributed by atoms with E-state index in [1.807, 2.05) is 6.92 Å². The number of nitrogens with two attached hydrogens (primary N) is 1. The molecular formula is C11H22ClNO3. The topological polar surface area (TPSA) is 72.5 Å². The van der Waals surface area contributed by atoms with Crippen molar-refractivity contribution >= 4 is 18.4 Å². The van der Waals surface area contributed by atoms with Gasteiger partial charge in [-0.3, -0.25) is 4.79 Å². The van der Waals surface area contributed by atoms with Crippen LogP contribution in [0.5, 0.6) is 0 Å². The van der Waals surface area contributed by atoms with Gasteiger partial charge in [0.05, 0.1) is 0 Å². The van der Waals surface area contributed by atoms with Crippen LogP contribution in [0.2, 0.25) is 0 Å². The lowest BCUT2D eigenvalue weighted by Gasteiger charge is -2.39. The Labute approximate surface area is 103 Å². The van der Waals surface area contributed by atoms with Gasteiger partial charge < -0.3 is 15.6 Å². The molecule has 3 N–H and O–H groups in total. The second-order valence-corrected chi connectivity index (χ2v) is 4.67. The molecule has 1 fully saturated rings. The second kappa shape index (κ2) is 6.42. The summed E-state index contributed by atoms with van der Waals surface area (Å²) in [7, 11) is 1.69. The molecule has 1 aliphatic carbocycles. The first kappa shape index (κ1) is 15.7. The zero-order valence-corrected chi connectivity index (χ0v) is 10.8. The average Bonchev–Trinajstić information content (AvgIpc) is 2.19. The summed E-state index contributed by atoms with van der Waals surface area (Å²) >= 11 is 0. The largest absolute Gasteiger partial charge is 0.480 e. The molecule has 5 heteroatoms. The van der Waals surface area contributed by atoms with Crippen LogP contribution in [0.1, 0.15) is 32.6 Å². The molecule has 0 spiro atoms. The van der Waals surface area contributed by atoms with Crippen LogP contribution in [-0.2, 0) is 9.53 Å². The molecular weight excluding hydrogens is 230 g/mol. The number of methoxy groups -OCH3 is 1. The zero-order chi connectivity index (χ0) is 11.5.